The number of nitrogens with zero attached hydrogens (tertiary/aromatic N) is 1. The van der Waals surface area contributed by atoms with Gasteiger partial charge in [0.15, 0.2) is 0 Å². The van der Waals surface area contributed by atoms with Crippen LogP contribution < -0.4 is 5.32 Å². The van der Waals surface area contributed by atoms with Crippen LogP contribution in [0.5, 0.6) is 0 Å². The van der Waals surface area contributed by atoms with Gasteiger partial charge in [0.25, 0.3) is 0 Å². The number of likely N-dealkylation sites (tertiary alicyclic amines) is 1. The minimum atomic E-state index is -0.481. The summed E-state index contributed by atoms with van der Waals surface area (Å²) in [6.07, 6.45) is 2.43. The van der Waals surface area contributed by atoms with Crippen LogP contribution >= 0.6 is 0 Å². The minimum absolute atomic E-state index is 0.0171. The first-order valence-electron chi connectivity index (χ1n) is 8.59. The highest BCUT2D eigenvalue weighted by Gasteiger charge is 2.41. The number of rotatable bonds is 4. The Morgan fingerprint density at radius 2 is 2.00 bits per heavy atom. The lowest BCUT2D eigenvalue weighted by molar-refractivity contribution is -0.145. The van der Waals surface area contributed by atoms with Crippen LogP contribution in [0.15, 0.2) is 24.3 Å². The number of ether oxygens (including phenoxy) is 1. The zero-order valence-electron chi connectivity index (χ0n) is 14.0. The van der Waals surface area contributed by atoms with Crippen molar-refractivity contribution in [2.45, 2.75) is 43.9 Å². The van der Waals surface area contributed by atoms with Crippen molar-refractivity contribution >= 4 is 11.7 Å². The van der Waals surface area contributed by atoms with Crippen molar-refractivity contribution in [3.05, 3.63) is 30.1 Å². The molecule has 0 bridgehead atoms. The van der Waals surface area contributed by atoms with E-state index in [2.05, 4.69) is 10.2 Å². The lowest BCUT2D eigenvalue weighted by Gasteiger charge is -2.37. The average molecular weight is 336 g/mol. The number of anilines is 1. The van der Waals surface area contributed by atoms with Crippen LogP contribution in [0.1, 0.15) is 25.7 Å². The summed E-state index contributed by atoms with van der Waals surface area (Å²) in [6, 6.07) is 6.96. The van der Waals surface area contributed by atoms with Crippen LogP contribution in [-0.4, -0.2) is 54.4 Å². The zero-order chi connectivity index (χ0) is 17.1. The van der Waals surface area contributed by atoms with E-state index >= 15 is 0 Å². The molecule has 24 heavy (non-hydrogen) atoms. The molecule has 1 aliphatic carbocycles. The minimum Gasteiger partial charge on any atom is -0.469 e. The molecule has 0 amide bonds. The summed E-state index contributed by atoms with van der Waals surface area (Å²) in [5.74, 6) is -0.663. The Morgan fingerprint density at radius 3 is 2.67 bits per heavy atom. The number of aliphatic hydroxyl groups is 1. The molecule has 1 saturated carbocycles. The molecule has 6 heteroatoms. The first-order valence-corrected chi connectivity index (χ1v) is 8.59. The number of nitrogens with one attached hydrogen (secondary N) is 1. The Kier molecular flexibility index (Phi) is 5.36. The number of para-hydroxylation sites is 1. The Balaban J connectivity index is 1.52. The highest BCUT2D eigenvalue weighted by molar-refractivity contribution is 5.72. The molecule has 132 valence electrons. The molecule has 3 atom stereocenters. The molecule has 0 spiro atoms. The quantitative estimate of drug-likeness (QED) is 0.824. The highest BCUT2D eigenvalue weighted by atomic mass is 19.1. The van der Waals surface area contributed by atoms with Gasteiger partial charge in [-0.3, -0.25) is 9.69 Å². The van der Waals surface area contributed by atoms with Crippen molar-refractivity contribution in [1.82, 2.24) is 4.90 Å². The number of esters is 1. The van der Waals surface area contributed by atoms with E-state index in [1.54, 1.807) is 12.1 Å². The zero-order valence-corrected chi connectivity index (χ0v) is 14.0. The maximum Gasteiger partial charge on any atom is 0.308 e. The third kappa shape index (κ3) is 3.70. The standard InChI is InChI=1S/C18H25FN2O3/c1-24-18(23)12-10-16(17(22)11-12)21-8-6-13(7-9-21)20-15-5-3-2-4-14(15)19/h2-5,12-13,16-17,20,22H,6-11H2,1H3. The summed E-state index contributed by atoms with van der Waals surface area (Å²) < 4.78 is 18.5. The van der Waals surface area contributed by atoms with E-state index in [0.717, 1.165) is 25.9 Å². The summed E-state index contributed by atoms with van der Waals surface area (Å²) in [4.78, 5) is 13.9. The van der Waals surface area contributed by atoms with Gasteiger partial charge in [-0.15, -0.1) is 0 Å². The van der Waals surface area contributed by atoms with Gasteiger partial charge >= 0.3 is 5.97 Å². The van der Waals surface area contributed by atoms with E-state index in [1.807, 2.05) is 6.07 Å². The Morgan fingerprint density at radius 1 is 1.29 bits per heavy atom. The number of piperidine rings is 1. The van der Waals surface area contributed by atoms with Gasteiger partial charge in [-0.05, 0) is 37.8 Å². The van der Waals surface area contributed by atoms with E-state index < -0.39 is 6.10 Å². The largest absolute Gasteiger partial charge is 0.469 e. The van der Waals surface area contributed by atoms with Gasteiger partial charge in [0.05, 0.1) is 24.8 Å². The maximum atomic E-state index is 13.7. The lowest BCUT2D eigenvalue weighted by Crippen LogP contribution is -2.47. The second-order valence-corrected chi connectivity index (χ2v) is 6.76. The molecule has 1 saturated heterocycles. The fraction of sp³-hybridized carbons (Fsp3) is 0.611. The molecule has 1 aromatic carbocycles. The number of carbonyl (C=O) groups excluding carboxylic acids is 1. The number of hydrogen-bond donors (Lipinski definition) is 2. The van der Waals surface area contributed by atoms with Gasteiger partial charge in [0.1, 0.15) is 5.82 Å². The van der Waals surface area contributed by atoms with Gasteiger partial charge in [0.2, 0.25) is 0 Å². The lowest BCUT2D eigenvalue weighted by atomic mass is 10.0. The van der Waals surface area contributed by atoms with E-state index in [9.17, 15) is 14.3 Å². The molecule has 2 aliphatic rings. The number of benzene rings is 1. The van der Waals surface area contributed by atoms with Crippen LogP contribution in [-0.2, 0) is 9.53 Å². The first kappa shape index (κ1) is 17.2. The summed E-state index contributed by atoms with van der Waals surface area (Å²) in [5, 5.41) is 13.5. The molecule has 1 aliphatic heterocycles. The van der Waals surface area contributed by atoms with E-state index in [4.69, 9.17) is 4.74 Å². The number of carbonyl (C=O) groups is 1. The second kappa shape index (κ2) is 7.49. The molecular weight excluding hydrogens is 311 g/mol. The monoisotopic (exact) mass is 336 g/mol. The van der Waals surface area contributed by atoms with Crippen LogP contribution in [0, 0.1) is 11.7 Å². The summed E-state index contributed by atoms with van der Waals surface area (Å²) in [5.41, 5.74) is 0.544. The number of aliphatic hydroxyl groups excluding tert-OH is 1. The molecule has 1 heterocycles. The molecule has 3 unspecified atom stereocenters. The Labute approximate surface area is 141 Å². The van der Waals surface area contributed by atoms with Crippen LogP contribution in [0.3, 0.4) is 0 Å². The molecule has 3 rings (SSSR count). The van der Waals surface area contributed by atoms with Crippen molar-refractivity contribution < 1.29 is 19.0 Å². The van der Waals surface area contributed by atoms with Gasteiger partial charge < -0.3 is 15.2 Å². The molecule has 1 aromatic rings. The van der Waals surface area contributed by atoms with Gasteiger partial charge in [0, 0.05) is 25.2 Å². The molecular formula is C18H25FN2O3. The topological polar surface area (TPSA) is 61.8 Å². The van der Waals surface area contributed by atoms with Crippen LogP contribution in [0.25, 0.3) is 0 Å². The molecule has 0 radical (unpaired) electrons. The first-order chi connectivity index (χ1) is 11.6. The van der Waals surface area contributed by atoms with E-state index in [-0.39, 0.29) is 29.8 Å². The summed E-state index contributed by atoms with van der Waals surface area (Å²) >= 11 is 0. The third-order valence-corrected chi connectivity index (χ3v) is 5.26. The smallest absolute Gasteiger partial charge is 0.308 e. The van der Waals surface area contributed by atoms with Gasteiger partial charge in [-0.2, -0.15) is 0 Å². The van der Waals surface area contributed by atoms with Crippen molar-refractivity contribution in [3.63, 3.8) is 0 Å². The number of hydrogen-bond acceptors (Lipinski definition) is 5. The van der Waals surface area contributed by atoms with Gasteiger partial charge in [-0.1, -0.05) is 12.1 Å². The highest BCUT2D eigenvalue weighted by Crippen LogP contribution is 2.32. The molecule has 0 aromatic heterocycles. The fourth-order valence-corrected chi connectivity index (χ4v) is 3.92. The van der Waals surface area contributed by atoms with Crippen molar-refractivity contribution in [3.8, 4) is 0 Å². The molecule has 5 nitrogen and oxygen atoms in total. The predicted octanol–water partition coefficient (Wildman–Crippen LogP) is 2.01. The number of halogens is 1. The SMILES string of the molecule is COC(=O)C1CC(O)C(N2CCC(Nc3ccccc3F)CC2)C1. The fourth-order valence-electron chi connectivity index (χ4n) is 3.92. The Hall–Kier alpha value is -1.66. The van der Waals surface area contributed by atoms with E-state index in [0.29, 0.717) is 18.5 Å². The van der Waals surface area contributed by atoms with Crippen molar-refractivity contribution in [2.24, 2.45) is 5.92 Å². The average Bonchev–Trinajstić information content (AvgIpc) is 2.99. The number of methoxy groups -OCH3 is 1. The van der Waals surface area contributed by atoms with E-state index in [1.165, 1.54) is 13.2 Å². The maximum absolute atomic E-state index is 13.7. The summed E-state index contributed by atoms with van der Waals surface area (Å²) in [6.45, 7) is 1.67. The van der Waals surface area contributed by atoms with Gasteiger partial charge in [-0.25, -0.2) is 4.39 Å². The van der Waals surface area contributed by atoms with Crippen LogP contribution in [0.2, 0.25) is 0 Å². The predicted molar refractivity (Wildman–Crippen MR) is 89.2 cm³/mol. The van der Waals surface area contributed by atoms with Crippen LogP contribution in [0.4, 0.5) is 10.1 Å². The Bertz CT molecular complexity index is 575. The van der Waals surface area contributed by atoms with Crippen molar-refractivity contribution in [1.29, 1.82) is 0 Å². The van der Waals surface area contributed by atoms with Crippen molar-refractivity contribution in [2.75, 3.05) is 25.5 Å². The third-order valence-electron chi connectivity index (χ3n) is 5.26. The molecule has 2 fully saturated rings. The summed E-state index contributed by atoms with van der Waals surface area (Å²) in [7, 11) is 1.39. The normalized spacial score (nSPS) is 28.7. The second-order valence-electron chi connectivity index (χ2n) is 6.76. The molecule has 2 N–H and O–H groups in total.